The molecule has 0 spiro atoms. The first-order chi connectivity index (χ1) is 11.3. The van der Waals surface area contributed by atoms with Crippen LogP contribution in [0.1, 0.15) is 58.6 Å². The Hall–Kier alpha value is -0.870. The molecule has 134 valence electrons. The van der Waals surface area contributed by atoms with E-state index in [2.05, 4.69) is 13.8 Å². The molecule has 0 aliphatic carbocycles. The summed E-state index contributed by atoms with van der Waals surface area (Å²) in [6, 6.07) is 7.81. The van der Waals surface area contributed by atoms with E-state index in [0.29, 0.717) is 17.3 Å². The molecular formula is C19H28ClNO2S. The molecule has 1 amide bonds. The number of amides is 1. The molecule has 1 fully saturated rings. The van der Waals surface area contributed by atoms with Crippen LogP contribution >= 0.6 is 11.6 Å². The highest BCUT2D eigenvalue weighted by molar-refractivity contribution is 7.85. The van der Waals surface area contributed by atoms with Gasteiger partial charge in [0.2, 0.25) is 5.91 Å². The van der Waals surface area contributed by atoms with Crippen molar-refractivity contribution in [1.29, 1.82) is 0 Å². The highest BCUT2D eigenvalue weighted by Gasteiger charge is 2.43. The molecule has 1 aliphatic rings. The summed E-state index contributed by atoms with van der Waals surface area (Å²) in [5.74, 6) is 0.727. The number of piperidine rings is 1. The lowest BCUT2D eigenvalue weighted by Gasteiger charge is -2.44. The van der Waals surface area contributed by atoms with Crippen molar-refractivity contribution in [2.24, 2.45) is 5.41 Å². The third-order valence-corrected chi connectivity index (χ3v) is 7.11. The largest absolute Gasteiger partial charge is 0.334 e. The molecule has 1 aromatic rings. The van der Waals surface area contributed by atoms with Crippen molar-refractivity contribution in [1.82, 2.24) is 4.90 Å². The van der Waals surface area contributed by atoms with Crippen LogP contribution in [0.3, 0.4) is 0 Å². The topological polar surface area (TPSA) is 37.4 Å². The molecule has 2 rings (SSSR count). The maximum absolute atomic E-state index is 13.1. The van der Waals surface area contributed by atoms with E-state index in [1.165, 1.54) is 0 Å². The molecule has 0 radical (unpaired) electrons. The van der Waals surface area contributed by atoms with Crippen LogP contribution in [-0.4, -0.2) is 32.6 Å². The molecule has 0 N–H and O–H groups in total. The lowest BCUT2D eigenvalue weighted by Crippen LogP contribution is -2.50. The first-order valence-corrected chi connectivity index (χ1v) is 10.5. The van der Waals surface area contributed by atoms with E-state index in [0.717, 1.165) is 24.8 Å². The molecule has 2 unspecified atom stereocenters. The fraction of sp³-hybridized carbons (Fsp3) is 0.632. The Bertz CT molecular complexity index is 602. The Balaban J connectivity index is 2.25. The third kappa shape index (κ3) is 4.20. The van der Waals surface area contributed by atoms with Crippen molar-refractivity contribution in [2.75, 3.05) is 12.3 Å². The zero-order valence-electron chi connectivity index (χ0n) is 15.0. The number of carbonyl (C=O) groups excluding carboxylic acids is 1. The average Bonchev–Trinajstić information content (AvgIpc) is 2.56. The fourth-order valence-corrected chi connectivity index (χ4v) is 4.22. The molecule has 0 bridgehead atoms. The minimum Gasteiger partial charge on any atom is -0.334 e. The smallest absolute Gasteiger partial charge is 0.229 e. The van der Waals surface area contributed by atoms with Crippen molar-refractivity contribution in [2.45, 2.75) is 58.2 Å². The zero-order valence-corrected chi connectivity index (χ0v) is 16.6. The second kappa shape index (κ2) is 8.01. The number of hydrogen-bond donors (Lipinski definition) is 0. The van der Waals surface area contributed by atoms with Crippen LogP contribution < -0.4 is 0 Å². The molecule has 1 heterocycles. The average molecular weight is 370 g/mol. The normalized spacial score (nSPS) is 26.0. The van der Waals surface area contributed by atoms with E-state index in [9.17, 15) is 9.00 Å². The van der Waals surface area contributed by atoms with Gasteiger partial charge in [0.15, 0.2) is 0 Å². The van der Waals surface area contributed by atoms with E-state index in [4.69, 9.17) is 11.6 Å². The molecule has 24 heavy (non-hydrogen) atoms. The molecule has 0 aromatic heterocycles. The molecular weight excluding hydrogens is 342 g/mol. The summed E-state index contributed by atoms with van der Waals surface area (Å²) in [5, 5.41) is 0.822. The lowest BCUT2D eigenvalue weighted by atomic mass is 9.75. The van der Waals surface area contributed by atoms with Crippen molar-refractivity contribution >= 4 is 28.3 Å². The van der Waals surface area contributed by atoms with Gasteiger partial charge in [-0.1, -0.05) is 51.4 Å². The molecule has 3 atom stereocenters. The minimum absolute atomic E-state index is 0.0542. The predicted molar refractivity (Wildman–Crippen MR) is 102 cm³/mol. The van der Waals surface area contributed by atoms with Gasteiger partial charge < -0.3 is 4.90 Å². The maximum atomic E-state index is 13.1. The summed E-state index contributed by atoms with van der Waals surface area (Å²) < 4.78 is 12.2. The first kappa shape index (κ1) is 19.5. The van der Waals surface area contributed by atoms with E-state index in [1.54, 1.807) is 0 Å². The van der Waals surface area contributed by atoms with Gasteiger partial charge in [-0.2, -0.15) is 0 Å². The Kier molecular flexibility index (Phi) is 6.49. The molecule has 5 heteroatoms. The highest BCUT2D eigenvalue weighted by atomic mass is 35.5. The maximum Gasteiger partial charge on any atom is 0.229 e. The number of carbonyl (C=O) groups is 1. The van der Waals surface area contributed by atoms with Crippen LogP contribution in [0.15, 0.2) is 24.3 Å². The Morgan fingerprint density at radius 3 is 2.50 bits per heavy atom. The Morgan fingerprint density at radius 2 is 1.96 bits per heavy atom. The quantitative estimate of drug-likeness (QED) is 0.736. The van der Waals surface area contributed by atoms with Gasteiger partial charge in [-0.05, 0) is 37.0 Å². The van der Waals surface area contributed by atoms with Crippen molar-refractivity contribution in [3.63, 3.8) is 0 Å². The van der Waals surface area contributed by atoms with Gasteiger partial charge in [-0.15, -0.1) is 0 Å². The molecule has 1 aromatic carbocycles. The first-order valence-electron chi connectivity index (χ1n) is 8.72. The summed E-state index contributed by atoms with van der Waals surface area (Å²) in [5.41, 5.74) is 0.809. The van der Waals surface area contributed by atoms with Gasteiger partial charge >= 0.3 is 0 Å². The van der Waals surface area contributed by atoms with Gasteiger partial charge in [0.05, 0.1) is 6.04 Å². The third-order valence-electron chi connectivity index (χ3n) is 5.22. The Morgan fingerprint density at radius 1 is 1.33 bits per heavy atom. The molecule has 1 saturated heterocycles. The van der Waals surface area contributed by atoms with Crippen LogP contribution in [0.2, 0.25) is 5.02 Å². The van der Waals surface area contributed by atoms with E-state index in [-0.39, 0.29) is 22.6 Å². The second-order valence-corrected chi connectivity index (χ2v) is 9.70. The van der Waals surface area contributed by atoms with E-state index < -0.39 is 10.8 Å². The van der Waals surface area contributed by atoms with E-state index in [1.807, 2.05) is 43.0 Å². The van der Waals surface area contributed by atoms with Gasteiger partial charge in [-0.25, -0.2) is 0 Å². The number of rotatable bonds is 6. The van der Waals surface area contributed by atoms with Crippen molar-refractivity contribution < 1.29 is 9.00 Å². The number of halogens is 1. The fourth-order valence-electron chi connectivity index (χ4n) is 3.25. The summed E-state index contributed by atoms with van der Waals surface area (Å²) in [6.45, 7) is 8.60. The molecule has 1 aliphatic heterocycles. The Labute approximate surface area is 153 Å². The number of likely N-dealkylation sites (tertiary alicyclic amines) is 1. The van der Waals surface area contributed by atoms with Crippen LogP contribution in [0.4, 0.5) is 0 Å². The van der Waals surface area contributed by atoms with Crippen molar-refractivity contribution in [3.8, 4) is 0 Å². The monoisotopic (exact) mass is 369 g/mol. The van der Waals surface area contributed by atoms with Gasteiger partial charge in [-0.3, -0.25) is 9.00 Å². The number of benzene rings is 1. The number of hydrogen-bond acceptors (Lipinski definition) is 2. The number of nitrogens with zero attached hydrogens (tertiary/aromatic N) is 1. The summed E-state index contributed by atoms with van der Waals surface area (Å²) in [7, 11) is -0.905. The van der Waals surface area contributed by atoms with Gasteiger partial charge in [0, 0.05) is 38.8 Å². The van der Waals surface area contributed by atoms with Gasteiger partial charge in [0.1, 0.15) is 0 Å². The van der Waals surface area contributed by atoms with Gasteiger partial charge in [0.25, 0.3) is 0 Å². The predicted octanol–water partition coefficient (Wildman–Crippen LogP) is 4.58. The summed E-state index contributed by atoms with van der Waals surface area (Å²) >= 11 is 6.00. The molecule has 3 nitrogen and oxygen atoms in total. The standard InChI is InChI=1S/C19H28ClNO2S/c1-5-19(4)11-10-17(15-6-8-16(20)9-7-15)21(18(19)22)12-13-24(23)14(2)3/h6-9,14,17H,5,10-13H2,1-4H3/t17?,19-,24?/m0/s1. The van der Waals surface area contributed by atoms with E-state index >= 15 is 0 Å². The SMILES string of the molecule is CC[C@@]1(C)CCC(c2ccc(Cl)cc2)N(CCS(=O)C(C)C)C1=O. The minimum atomic E-state index is -0.905. The van der Waals surface area contributed by atoms with Crippen LogP contribution in [0.5, 0.6) is 0 Å². The summed E-state index contributed by atoms with van der Waals surface area (Å²) in [6.07, 6.45) is 2.66. The van der Waals surface area contributed by atoms with Crippen molar-refractivity contribution in [3.05, 3.63) is 34.9 Å². The summed E-state index contributed by atoms with van der Waals surface area (Å²) in [4.78, 5) is 15.1. The zero-order chi connectivity index (χ0) is 17.9. The highest BCUT2D eigenvalue weighted by Crippen LogP contribution is 2.42. The van der Waals surface area contributed by atoms with Crippen LogP contribution in [0.25, 0.3) is 0 Å². The lowest BCUT2D eigenvalue weighted by molar-refractivity contribution is -0.149. The van der Waals surface area contributed by atoms with Crippen LogP contribution in [-0.2, 0) is 15.6 Å². The second-order valence-electron chi connectivity index (χ2n) is 7.15. The molecule has 0 saturated carbocycles. The van der Waals surface area contributed by atoms with Crippen LogP contribution in [0, 0.1) is 5.41 Å².